The maximum absolute atomic E-state index is 11.5. The predicted octanol–water partition coefficient (Wildman–Crippen LogP) is 2.85. The molecule has 1 rings (SSSR count). The number of carboxylic acid groups (broad SMARTS) is 1. The first-order valence-corrected chi connectivity index (χ1v) is 9.23. The number of rotatable bonds is 9. The summed E-state index contributed by atoms with van der Waals surface area (Å²) in [6.07, 6.45) is 6.99. The van der Waals surface area contributed by atoms with E-state index >= 15 is 0 Å². The van der Waals surface area contributed by atoms with E-state index in [2.05, 4.69) is 6.92 Å². The van der Waals surface area contributed by atoms with E-state index in [1.165, 1.54) is 0 Å². The molecule has 4 N–H and O–H groups in total. The molecule has 1 aliphatic rings. The molecule has 0 aromatic heterocycles. The molecule has 4 atom stereocenters. The van der Waals surface area contributed by atoms with Crippen LogP contribution in [-0.4, -0.2) is 44.2 Å². The van der Waals surface area contributed by atoms with Crippen LogP contribution in [0.4, 0.5) is 0 Å². The minimum Gasteiger partial charge on any atom is -0.481 e. The van der Waals surface area contributed by atoms with E-state index in [1.54, 1.807) is 0 Å². The summed E-state index contributed by atoms with van der Waals surface area (Å²) in [7, 11) is 0. The summed E-state index contributed by atoms with van der Waals surface area (Å²) < 4.78 is 0. The van der Waals surface area contributed by atoms with Crippen LogP contribution in [0.5, 0.6) is 0 Å². The fourth-order valence-corrected chi connectivity index (χ4v) is 3.66. The van der Waals surface area contributed by atoms with Gasteiger partial charge in [0.2, 0.25) is 0 Å². The van der Waals surface area contributed by atoms with Crippen molar-refractivity contribution in [1.82, 2.24) is 0 Å². The van der Waals surface area contributed by atoms with Crippen LogP contribution in [-0.2, 0) is 4.79 Å². The highest BCUT2D eigenvalue weighted by atomic mass is 16.4. The molecule has 5 heteroatoms. The van der Waals surface area contributed by atoms with Crippen LogP contribution < -0.4 is 0 Å². The van der Waals surface area contributed by atoms with Crippen molar-refractivity contribution < 1.29 is 25.2 Å². The van der Waals surface area contributed by atoms with Crippen LogP contribution in [0.25, 0.3) is 0 Å². The Morgan fingerprint density at radius 1 is 1.13 bits per heavy atom. The number of hydrogen-bond acceptors (Lipinski definition) is 4. The molecule has 0 bridgehead atoms. The first-order chi connectivity index (χ1) is 10.9. The zero-order chi connectivity index (χ0) is 17.3. The Hall–Kier alpha value is -0.650. The van der Waals surface area contributed by atoms with E-state index in [1.807, 2.05) is 0 Å². The van der Waals surface area contributed by atoms with Crippen molar-refractivity contribution in [3.8, 4) is 0 Å². The third kappa shape index (κ3) is 6.40. The second-order valence-corrected chi connectivity index (χ2v) is 7.09. The molecule has 0 radical (unpaired) electrons. The monoisotopic (exact) mass is 330 g/mol. The van der Waals surface area contributed by atoms with Crippen molar-refractivity contribution in [3.63, 3.8) is 0 Å². The highest BCUT2D eigenvalue weighted by molar-refractivity contribution is 5.71. The molecule has 4 unspecified atom stereocenters. The minimum atomic E-state index is -1.63. The average molecular weight is 330 g/mol. The van der Waals surface area contributed by atoms with Crippen molar-refractivity contribution in [1.29, 1.82) is 0 Å². The quantitative estimate of drug-likeness (QED) is 0.487. The van der Waals surface area contributed by atoms with Gasteiger partial charge >= 0.3 is 5.97 Å². The Labute approximate surface area is 139 Å². The Balaban J connectivity index is 2.63. The number of aliphatic carboxylic acids is 1. The zero-order valence-corrected chi connectivity index (χ0v) is 14.4. The number of aliphatic hydroxyl groups is 3. The molecule has 1 aliphatic carbocycles. The standard InChI is InChI=1S/C18H34O5/c1-2-3-4-7-10-14(19)13-16(20)18(23)12-9-6-5-8-11-15(18)17(21)22/h14-16,19-20,23H,2-13H2,1H3,(H,21,22). The number of aliphatic hydroxyl groups excluding tert-OH is 2. The Morgan fingerprint density at radius 3 is 2.48 bits per heavy atom. The van der Waals surface area contributed by atoms with Gasteiger partial charge in [0.1, 0.15) is 5.60 Å². The molecule has 0 aromatic rings. The number of carboxylic acids is 1. The molecule has 1 saturated carbocycles. The molecule has 0 heterocycles. The molecule has 23 heavy (non-hydrogen) atoms. The lowest BCUT2D eigenvalue weighted by Gasteiger charge is -2.40. The largest absolute Gasteiger partial charge is 0.481 e. The zero-order valence-electron chi connectivity index (χ0n) is 14.4. The number of carbonyl (C=O) groups is 1. The minimum absolute atomic E-state index is 0.0480. The third-order valence-electron chi connectivity index (χ3n) is 5.18. The molecular weight excluding hydrogens is 296 g/mol. The maximum Gasteiger partial charge on any atom is 0.309 e. The molecule has 0 spiro atoms. The Morgan fingerprint density at radius 2 is 1.83 bits per heavy atom. The molecule has 0 saturated heterocycles. The summed E-state index contributed by atoms with van der Waals surface area (Å²) in [5.74, 6) is -2.00. The smallest absolute Gasteiger partial charge is 0.309 e. The predicted molar refractivity (Wildman–Crippen MR) is 89.2 cm³/mol. The first kappa shape index (κ1) is 20.4. The van der Waals surface area contributed by atoms with Crippen molar-refractivity contribution >= 4 is 5.97 Å². The average Bonchev–Trinajstić information content (AvgIpc) is 2.47. The number of unbranched alkanes of at least 4 members (excludes halogenated alkanes) is 3. The van der Waals surface area contributed by atoms with Crippen LogP contribution in [0.2, 0.25) is 0 Å². The van der Waals surface area contributed by atoms with Gasteiger partial charge in [0, 0.05) is 6.42 Å². The van der Waals surface area contributed by atoms with Gasteiger partial charge in [-0.25, -0.2) is 0 Å². The van der Waals surface area contributed by atoms with E-state index in [-0.39, 0.29) is 12.8 Å². The maximum atomic E-state index is 11.5. The molecule has 1 fully saturated rings. The van der Waals surface area contributed by atoms with E-state index in [0.717, 1.165) is 44.9 Å². The van der Waals surface area contributed by atoms with Gasteiger partial charge in [-0.2, -0.15) is 0 Å². The van der Waals surface area contributed by atoms with Gasteiger partial charge < -0.3 is 20.4 Å². The summed E-state index contributed by atoms with van der Waals surface area (Å²) >= 11 is 0. The topological polar surface area (TPSA) is 98.0 Å². The fourth-order valence-electron chi connectivity index (χ4n) is 3.66. The Bertz CT molecular complexity index is 346. The van der Waals surface area contributed by atoms with Crippen LogP contribution in [0.15, 0.2) is 0 Å². The number of hydrogen-bond donors (Lipinski definition) is 4. The van der Waals surface area contributed by atoms with Crippen molar-refractivity contribution in [2.24, 2.45) is 5.92 Å². The van der Waals surface area contributed by atoms with Crippen LogP contribution in [0.1, 0.15) is 84.0 Å². The molecule has 0 aliphatic heterocycles. The highest BCUT2D eigenvalue weighted by Crippen LogP contribution is 2.36. The highest BCUT2D eigenvalue weighted by Gasteiger charge is 2.47. The van der Waals surface area contributed by atoms with E-state index in [4.69, 9.17) is 0 Å². The summed E-state index contributed by atoms with van der Waals surface area (Å²) in [5.41, 5.74) is -1.63. The van der Waals surface area contributed by atoms with Gasteiger partial charge in [0.25, 0.3) is 0 Å². The first-order valence-electron chi connectivity index (χ1n) is 9.23. The van der Waals surface area contributed by atoms with Gasteiger partial charge in [-0.3, -0.25) is 4.79 Å². The molecular formula is C18H34O5. The van der Waals surface area contributed by atoms with Gasteiger partial charge in [-0.05, 0) is 19.3 Å². The van der Waals surface area contributed by atoms with Crippen LogP contribution in [0, 0.1) is 5.92 Å². The SMILES string of the molecule is CCCCCCC(O)CC(O)C1(O)CCCCCCC1C(=O)O. The van der Waals surface area contributed by atoms with Crippen LogP contribution in [0.3, 0.4) is 0 Å². The lowest BCUT2D eigenvalue weighted by atomic mass is 9.73. The summed E-state index contributed by atoms with van der Waals surface area (Å²) in [4.78, 5) is 11.5. The van der Waals surface area contributed by atoms with Gasteiger partial charge in [0.05, 0.1) is 18.1 Å². The van der Waals surface area contributed by atoms with Crippen molar-refractivity contribution in [2.45, 2.75) is 102 Å². The summed E-state index contributed by atoms with van der Waals surface area (Å²) in [5, 5.41) is 40.9. The summed E-state index contributed by atoms with van der Waals surface area (Å²) in [6, 6.07) is 0. The normalized spacial score (nSPS) is 28.6. The van der Waals surface area contributed by atoms with E-state index in [9.17, 15) is 25.2 Å². The van der Waals surface area contributed by atoms with Gasteiger partial charge in [0.15, 0.2) is 0 Å². The lowest BCUT2D eigenvalue weighted by molar-refractivity contribution is -0.172. The van der Waals surface area contributed by atoms with Gasteiger partial charge in [-0.15, -0.1) is 0 Å². The summed E-state index contributed by atoms with van der Waals surface area (Å²) in [6.45, 7) is 2.12. The fraction of sp³-hybridized carbons (Fsp3) is 0.944. The van der Waals surface area contributed by atoms with Crippen LogP contribution >= 0.6 is 0 Å². The second kappa shape index (κ2) is 10.3. The molecule has 5 nitrogen and oxygen atoms in total. The third-order valence-corrected chi connectivity index (χ3v) is 5.18. The lowest BCUT2D eigenvalue weighted by Crippen LogP contribution is -2.53. The molecule has 136 valence electrons. The van der Waals surface area contributed by atoms with Crippen molar-refractivity contribution in [2.75, 3.05) is 0 Å². The Kier molecular flexibility index (Phi) is 9.10. The molecule has 0 aromatic carbocycles. The van der Waals surface area contributed by atoms with E-state index < -0.39 is 29.7 Å². The van der Waals surface area contributed by atoms with Gasteiger partial charge in [-0.1, -0.05) is 58.3 Å². The molecule has 0 amide bonds. The van der Waals surface area contributed by atoms with Crippen molar-refractivity contribution in [3.05, 3.63) is 0 Å². The van der Waals surface area contributed by atoms with E-state index in [0.29, 0.717) is 19.3 Å². The second-order valence-electron chi connectivity index (χ2n) is 7.09.